The maximum atomic E-state index is 6.32. The second kappa shape index (κ2) is 5.40. The third kappa shape index (κ3) is 3.32. The zero-order valence-corrected chi connectivity index (χ0v) is 11.9. The quantitative estimate of drug-likeness (QED) is 0.868. The molecule has 3 atom stereocenters. The fraction of sp³-hybridized carbons (Fsp3) is 0.688. The van der Waals surface area contributed by atoms with Crippen LogP contribution in [-0.4, -0.2) is 11.0 Å². The van der Waals surface area contributed by atoms with Gasteiger partial charge < -0.3 is 5.73 Å². The number of hydrogen-bond acceptors (Lipinski definition) is 2. The van der Waals surface area contributed by atoms with Crippen molar-refractivity contribution >= 4 is 0 Å². The van der Waals surface area contributed by atoms with Crippen LogP contribution in [0, 0.1) is 17.3 Å². The van der Waals surface area contributed by atoms with Crippen molar-refractivity contribution in [1.82, 2.24) is 4.98 Å². The Morgan fingerprint density at radius 2 is 1.89 bits per heavy atom. The summed E-state index contributed by atoms with van der Waals surface area (Å²) in [4.78, 5) is 4.08. The zero-order valence-electron chi connectivity index (χ0n) is 11.9. The minimum Gasteiger partial charge on any atom is -0.327 e. The number of nitrogens with zero attached hydrogens (tertiary/aromatic N) is 1. The van der Waals surface area contributed by atoms with E-state index in [1.54, 1.807) is 0 Å². The molecule has 18 heavy (non-hydrogen) atoms. The Bertz CT molecular complexity index is 366. The van der Waals surface area contributed by atoms with Gasteiger partial charge in [0.1, 0.15) is 0 Å². The maximum Gasteiger partial charge on any atom is 0.0270 e. The Balaban J connectivity index is 2.02. The van der Waals surface area contributed by atoms with E-state index >= 15 is 0 Å². The zero-order chi connectivity index (χ0) is 13.2. The number of aromatic nitrogens is 1. The molecule has 1 aromatic heterocycles. The van der Waals surface area contributed by atoms with E-state index in [1.807, 2.05) is 12.4 Å². The fourth-order valence-electron chi connectivity index (χ4n) is 3.13. The summed E-state index contributed by atoms with van der Waals surface area (Å²) in [7, 11) is 0. The SMILES string of the molecule is CC(C)(C)C1CCC(N)C(Cc2ccncc2)C1. The number of rotatable bonds is 2. The third-order valence-electron chi connectivity index (χ3n) is 4.51. The molecular formula is C16H26N2. The highest BCUT2D eigenvalue weighted by Crippen LogP contribution is 2.40. The van der Waals surface area contributed by atoms with Crippen LogP contribution in [0.25, 0.3) is 0 Å². The lowest BCUT2D eigenvalue weighted by molar-refractivity contribution is 0.127. The summed E-state index contributed by atoms with van der Waals surface area (Å²) in [6.45, 7) is 7.08. The summed E-state index contributed by atoms with van der Waals surface area (Å²) in [6, 6.07) is 4.61. The molecule has 1 aliphatic carbocycles. The second-order valence-electron chi connectivity index (χ2n) is 6.86. The first-order chi connectivity index (χ1) is 8.47. The first-order valence-electron chi connectivity index (χ1n) is 7.11. The van der Waals surface area contributed by atoms with Gasteiger partial charge in [0.05, 0.1) is 0 Å². The molecule has 1 aliphatic rings. The van der Waals surface area contributed by atoms with Crippen LogP contribution in [0.5, 0.6) is 0 Å². The highest BCUT2D eigenvalue weighted by atomic mass is 14.7. The lowest BCUT2D eigenvalue weighted by Gasteiger charge is -2.40. The summed E-state index contributed by atoms with van der Waals surface area (Å²) >= 11 is 0. The molecule has 1 aromatic rings. The van der Waals surface area contributed by atoms with E-state index in [4.69, 9.17) is 5.73 Å². The predicted molar refractivity (Wildman–Crippen MR) is 76.2 cm³/mol. The van der Waals surface area contributed by atoms with Crippen LogP contribution in [0.3, 0.4) is 0 Å². The van der Waals surface area contributed by atoms with Gasteiger partial charge in [0, 0.05) is 18.4 Å². The van der Waals surface area contributed by atoms with Crippen molar-refractivity contribution in [3.8, 4) is 0 Å². The van der Waals surface area contributed by atoms with E-state index in [2.05, 4.69) is 37.9 Å². The maximum absolute atomic E-state index is 6.32. The lowest BCUT2D eigenvalue weighted by Crippen LogP contribution is -2.40. The van der Waals surface area contributed by atoms with Gasteiger partial charge in [-0.1, -0.05) is 20.8 Å². The molecule has 0 amide bonds. The van der Waals surface area contributed by atoms with Gasteiger partial charge in [-0.3, -0.25) is 4.98 Å². The lowest BCUT2D eigenvalue weighted by atomic mass is 9.66. The standard InChI is InChI=1S/C16H26N2/c1-16(2,3)14-4-5-15(17)13(11-14)10-12-6-8-18-9-7-12/h6-9,13-15H,4-5,10-11,17H2,1-3H3. The van der Waals surface area contributed by atoms with Crippen molar-refractivity contribution in [3.05, 3.63) is 30.1 Å². The molecule has 2 N–H and O–H groups in total. The molecule has 1 saturated carbocycles. The Morgan fingerprint density at radius 3 is 2.50 bits per heavy atom. The van der Waals surface area contributed by atoms with Crippen molar-refractivity contribution in [2.45, 2.75) is 52.5 Å². The van der Waals surface area contributed by atoms with Gasteiger partial charge in [0.2, 0.25) is 0 Å². The van der Waals surface area contributed by atoms with Crippen molar-refractivity contribution in [1.29, 1.82) is 0 Å². The average molecular weight is 246 g/mol. The van der Waals surface area contributed by atoms with Crippen molar-refractivity contribution < 1.29 is 0 Å². The van der Waals surface area contributed by atoms with Gasteiger partial charge in [-0.2, -0.15) is 0 Å². The van der Waals surface area contributed by atoms with Gasteiger partial charge in [-0.15, -0.1) is 0 Å². The van der Waals surface area contributed by atoms with E-state index in [1.165, 1.54) is 24.8 Å². The molecule has 0 bridgehead atoms. The fourth-order valence-corrected chi connectivity index (χ4v) is 3.13. The van der Waals surface area contributed by atoms with Gasteiger partial charge in [-0.25, -0.2) is 0 Å². The molecule has 100 valence electrons. The monoisotopic (exact) mass is 246 g/mol. The van der Waals surface area contributed by atoms with Crippen molar-refractivity contribution in [3.63, 3.8) is 0 Å². The Morgan fingerprint density at radius 1 is 1.22 bits per heavy atom. The molecule has 2 heteroatoms. The molecule has 0 radical (unpaired) electrons. The number of nitrogens with two attached hydrogens (primary N) is 1. The summed E-state index contributed by atoms with van der Waals surface area (Å²) in [5, 5.41) is 0. The largest absolute Gasteiger partial charge is 0.327 e. The number of pyridine rings is 1. The topological polar surface area (TPSA) is 38.9 Å². The average Bonchev–Trinajstić information content (AvgIpc) is 2.32. The summed E-state index contributed by atoms with van der Waals surface area (Å²) < 4.78 is 0. The van der Waals surface area contributed by atoms with Crippen LogP contribution in [0.4, 0.5) is 0 Å². The molecule has 0 aromatic carbocycles. The van der Waals surface area contributed by atoms with E-state index < -0.39 is 0 Å². The Kier molecular flexibility index (Phi) is 4.06. The molecule has 0 saturated heterocycles. The molecule has 3 unspecified atom stereocenters. The minimum absolute atomic E-state index is 0.372. The Labute approximate surface area is 111 Å². The van der Waals surface area contributed by atoms with Crippen LogP contribution in [-0.2, 0) is 6.42 Å². The van der Waals surface area contributed by atoms with Gasteiger partial charge >= 0.3 is 0 Å². The molecule has 1 heterocycles. The van der Waals surface area contributed by atoms with E-state index in [0.717, 1.165) is 12.3 Å². The molecular weight excluding hydrogens is 220 g/mol. The van der Waals surface area contributed by atoms with Crippen LogP contribution >= 0.6 is 0 Å². The van der Waals surface area contributed by atoms with E-state index in [9.17, 15) is 0 Å². The van der Waals surface area contributed by atoms with E-state index in [0.29, 0.717) is 17.4 Å². The normalized spacial score (nSPS) is 29.2. The molecule has 0 aliphatic heterocycles. The van der Waals surface area contributed by atoms with E-state index in [-0.39, 0.29) is 0 Å². The summed E-state index contributed by atoms with van der Waals surface area (Å²) in [5.41, 5.74) is 8.11. The molecule has 0 spiro atoms. The molecule has 2 nitrogen and oxygen atoms in total. The van der Waals surface area contributed by atoms with Gasteiger partial charge in [0.15, 0.2) is 0 Å². The van der Waals surface area contributed by atoms with Gasteiger partial charge in [-0.05, 0) is 60.6 Å². The third-order valence-corrected chi connectivity index (χ3v) is 4.51. The first kappa shape index (κ1) is 13.5. The van der Waals surface area contributed by atoms with Crippen molar-refractivity contribution in [2.75, 3.05) is 0 Å². The smallest absolute Gasteiger partial charge is 0.0270 e. The van der Waals surface area contributed by atoms with Crippen LogP contribution in [0.2, 0.25) is 0 Å². The van der Waals surface area contributed by atoms with Crippen LogP contribution in [0.15, 0.2) is 24.5 Å². The second-order valence-corrected chi connectivity index (χ2v) is 6.86. The minimum atomic E-state index is 0.372. The number of hydrogen-bond donors (Lipinski definition) is 1. The highest BCUT2D eigenvalue weighted by molar-refractivity contribution is 5.11. The summed E-state index contributed by atoms with van der Waals surface area (Å²) in [6.07, 6.45) is 8.61. The molecule has 1 fully saturated rings. The van der Waals surface area contributed by atoms with Crippen LogP contribution < -0.4 is 5.73 Å². The predicted octanol–water partition coefficient (Wildman–Crippen LogP) is 3.41. The van der Waals surface area contributed by atoms with Gasteiger partial charge in [0.25, 0.3) is 0 Å². The van der Waals surface area contributed by atoms with Crippen molar-refractivity contribution in [2.24, 2.45) is 23.0 Å². The summed E-state index contributed by atoms with van der Waals surface area (Å²) in [5.74, 6) is 1.44. The highest BCUT2D eigenvalue weighted by Gasteiger charge is 2.34. The van der Waals surface area contributed by atoms with Crippen LogP contribution in [0.1, 0.15) is 45.6 Å². The first-order valence-corrected chi connectivity index (χ1v) is 7.11. The Hall–Kier alpha value is -0.890. The molecule has 2 rings (SSSR count).